The maximum atomic E-state index is 12.1. The number of nitrogens with zero attached hydrogens (tertiary/aromatic N) is 1. The summed E-state index contributed by atoms with van der Waals surface area (Å²) in [4.78, 5) is 36.5. The van der Waals surface area contributed by atoms with Gasteiger partial charge in [-0.3, -0.25) is 19.1 Å². The number of halogens is 3. The zero-order valence-corrected chi connectivity index (χ0v) is 13.5. The summed E-state index contributed by atoms with van der Waals surface area (Å²) in [6.45, 7) is -0.746. The largest absolute Gasteiger partial charge is 0.471 e. The van der Waals surface area contributed by atoms with Gasteiger partial charge in [-0.15, -0.1) is 0 Å². The van der Waals surface area contributed by atoms with Crippen molar-refractivity contribution in [3.05, 3.63) is 32.6 Å². The van der Waals surface area contributed by atoms with Crippen LogP contribution in [0, 0.1) is 0 Å². The Morgan fingerprint density at radius 3 is 2.69 bits per heavy atom. The number of ether oxygens (including phenoxy) is 1. The normalized spacial score (nSPS) is 23.2. The number of aliphatic hydroxyl groups excluding tert-OH is 2. The minimum atomic E-state index is -4.98. The number of aryl methyl sites for hydroxylation is 1. The first-order chi connectivity index (χ1) is 12.1. The topological polar surface area (TPSA) is 134 Å². The van der Waals surface area contributed by atoms with Crippen molar-refractivity contribution in [1.82, 2.24) is 14.9 Å². The van der Waals surface area contributed by atoms with Crippen LogP contribution in [0.2, 0.25) is 0 Å². The van der Waals surface area contributed by atoms with Gasteiger partial charge in [0.2, 0.25) is 0 Å². The van der Waals surface area contributed by atoms with Gasteiger partial charge in [0, 0.05) is 24.7 Å². The highest BCUT2D eigenvalue weighted by molar-refractivity contribution is 5.81. The molecule has 0 bridgehead atoms. The van der Waals surface area contributed by atoms with Gasteiger partial charge in [-0.05, 0) is 12.8 Å². The molecule has 0 unspecified atom stereocenters. The smallest absolute Gasteiger partial charge is 0.394 e. The molecule has 12 heteroatoms. The van der Waals surface area contributed by atoms with Crippen molar-refractivity contribution in [3.8, 4) is 0 Å². The molecule has 0 aromatic carbocycles. The molecule has 0 saturated carbocycles. The second kappa shape index (κ2) is 8.01. The standard InChI is InChI=1S/C14H18F3N3O6/c15-14(16,17)12(24)18-3-1-2-7-5-20(13(25)19-11(7)23)10-4-8(22)9(6-21)26-10/h5,8-10,21-22H,1-4,6H2,(H,18,24)(H,19,23,25)/t8-,9+,10+/m0/s1. The third-order valence-electron chi connectivity index (χ3n) is 3.90. The van der Waals surface area contributed by atoms with Crippen LogP contribution in [-0.4, -0.2) is 57.2 Å². The van der Waals surface area contributed by atoms with E-state index in [0.717, 1.165) is 4.57 Å². The molecule has 0 aliphatic carbocycles. The molecule has 1 aromatic rings. The summed E-state index contributed by atoms with van der Waals surface area (Å²) in [5.74, 6) is -2.07. The van der Waals surface area contributed by atoms with Crippen molar-refractivity contribution in [3.63, 3.8) is 0 Å². The van der Waals surface area contributed by atoms with Crippen LogP contribution in [0.4, 0.5) is 13.2 Å². The molecular weight excluding hydrogens is 363 g/mol. The minimum absolute atomic E-state index is 0.00640. The summed E-state index contributed by atoms with van der Waals surface area (Å²) >= 11 is 0. The zero-order valence-electron chi connectivity index (χ0n) is 13.5. The first-order valence-electron chi connectivity index (χ1n) is 7.77. The highest BCUT2D eigenvalue weighted by Crippen LogP contribution is 2.27. The predicted molar refractivity (Wildman–Crippen MR) is 80.3 cm³/mol. The maximum absolute atomic E-state index is 12.1. The Kier molecular flexibility index (Phi) is 6.21. The molecule has 4 N–H and O–H groups in total. The number of carbonyl (C=O) groups is 1. The Morgan fingerprint density at radius 2 is 2.12 bits per heavy atom. The molecule has 1 saturated heterocycles. The van der Waals surface area contributed by atoms with Crippen LogP contribution in [0.25, 0.3) is 0 Å². The molecule has 26 heavy (non-hydrogen) atoms. The molecule has 3 atom stereocenters. The summed E-state index contributed by atoms with van der Waals surface area (Å²) in [5, 5.41) is 20.5. The van der Waals surface area contributed by atoms with Gasteiger partial charge >= 0.3 is 17.8 Å². The number of hydrogen-bond acceptors (Lipinski definition) is 6. The van der Waals surface area contributed by atoms with Gasteiger partial charge in [-0.1, -0.05) is 0 Å². The maximum Gasteiger partial charge on any atom is 0.471 e. The molecule has 2 heterocycles. The number of aliphatic hydroxyl groups is 2. The SMILES string of the molecule is O=C(NCCCc1cn([C@H]2C[C@H](O)[C@@H](CO)O2)c(=O)[nH]c1=O)C(F)(F)F. The molecule has 146 valence electrons. The molecule has 1 aliphatic rings. The van der Waals surface area contributed by atoms with E-state index < -0.39 is 48.4 Å². The van der Waals surface area contributed by atoms with Crippen molar-refractivity contribution in [2.75, 3.05) is 13.2 Å². The highest BCUT2D eigenvalue weighted by Gasteiger charge is 2.38. The molecular formula is C14H18F3N3O6. The Labute approximate surface area is 144 Å². The summed E-state index contributed by atoms with van der Waals surface area (Å²) in [7, 11) is 0. The summed E-state index contributed by atoms with van der Waals surface area (Å²) < 4.78 is 42.6. The fourth-order valence-electron chi connectivity index (χ4n) is 2.55. The lowest BCUT2D eigenvalue weighted by atomic mass is 10.1. The number of alkyl halides is 3. The minimum Gasteiger partial charge on any atom is -0.394 e. The number of carbonyl (C=O) groups excluding carboxylic acids is 1. The van der Waals surface area contributed by atoms with E-state index in [0.29, 0.717) is 0 Å². The van der Waals surface area contributed by atoms with Gasteiger partial charge in [-0.25, -0.2) is 4.79 Å². The monoisotopic (exact) mass is 381 g/mol. The van der Waals surface area contributed by atoms with Gasteiger partial charge < -0.3 is 20.3 Å². The van der Waals surface area contributed by atoms with Crippen molar-refractivity contribution in [2.45, 2.75) is 43.9 Å². The van der Waals surface area contributed by atoms with Crippen molar-refractivity contribution < 1.29 is 32.9 Å². The van der Waals surface area contributed by atoms with E-state index in [2.05, 4.69) is 4.98 Å². The molecule has 1 fully saturated rings. The van der Waals surface area contributed by atoms with Crippen LogP contribution < -0.4 is 16.6 Å². The van der Waals surface area contributed by atoms with Crippen LogP contribution in [0.5, 0.6) is 0 Å². The lowest BCUT2D eigenvalue weighted by Crippen LogP contribution is -2.37. The van der Waals surface area contributed by atoms with Crippen molar-refractivity contribution in [2.24, 2.45) is 0 Å². The van der Waals surface area contributed by atoms with Crippen molar-refractivity contribution >= 4 is 5.91 Å². The van der Waals surface area contributed by atoms with Gasteiger partial charge in [-0.2, -0.15) is 13.2 Å². The van der Waals surface area contributed by atoms with E-state index in [9.17, 15) is 32.7 Å². The number of hydrogen-bond donors (Lipinski definition) is 4. The van der Waals surface area contributed by atoms with E-state index in [1.165, 1.54) is 6.20 Å². The van der Waals surface area contributed by atoms with Crippen LogP contribution >= 0.6 is 0 Å². The fourth-order valence-corrected chi connectivity index (χ4v) is 2.55. The molecule has 9 nitrogen and oxygen atoms in total. The van der Waals surface area contributed by atoms with Crippen molar-refractivity contribution in [1.29, 1.82) is 0 Å². The summed E-state index contributed by atoms with van der Waals surface area (Å²) in [6, 6.07) is 0. The Bertz CT molecular complexity index is 760. The number of aromatic amines is 1. The second-order valence-electron chi connectivity index (χ2n) is 5.79. The average molecular weight is 381 g/mol. The molecule has 1 aromatic heterocycles. The third kappa shape index (κ3) is 4.71. The number of nitrogens with one attached hydrogen (secondary N) is 2. The van der Waals surface area contributed by atoms with Gasteiger partial charge in [0.1, 0.15) is 12.3 Å². The Hall–Kier alpha value is -2.18. The van der Waals surface area contributed by atoms with E-state index in [1.54, 1.807) is 5.32 Å². The lowest BCUT2D eigenvalue weighted by molar-refractivity contribution is -0.173. The third-order valence-corrected chi connectivity index (χ3v) is 3.90. The highest BCUT2D eigenvalue weighted by atomic mass is 19.4. The van der Waals surface area contributed by atoms with Gasteiger partial charge in [0.25, 0.3) is 5.56 Å². The van der Waals surface area contributed by atoms with Gasteiger partial charge in [0.15, 0.2) is 0 Å². The molecule has 0 radical (unpaired) electrons. The number of aromatic nitrogens is 2. The number of rotatable bonds is 6. The van der Waals surface area contributed by atoms with E-state index in [-0.39, 0.29) is 31.4 Å². The quantitative estimate of drug-likeness (QED) is 0.457. The summed E-state index contributed by atoms with van der Waals surface area (Å²) in [6.07, 6.45) is -6.44. The van der Waals surface area contributed by atoms with Gasteiger partial charge in [0.05, 0.1) is 12.7 Å². The van der Waals surface area contributed by atoms with E-state index >= 15 is 0 Å². The Morgan fingerprint density at radius 1 is 1.42 bits per heavy atom. The molecule has 1 aliphatic heterocycles. The van der Waals surface area contributed by atoms with Crippen LogP contribution in [0.3, 0.4) is 0 Å². The van der Waals surface area contributed by atoms with Crippen LogP contribution in [-0.2, 0) is 16.0 Å². The predicted octanol–water partition coefficient (Wildman–Crippen LogP) is -1.21. The second-order valence-corrected chi connectivity index (χ2v) is 5.79. The Balaban J connectivity index is 2.03. The first-order valence-corrected chi connectivity index (χ1v) is 7.77. The van der Waals surface area contributed by atoms with E-state index in [1.807, 2.05) is 0 Å². The average Bonchev–Trinajstić information content (AvgIpc) is 2.92. The van der Waals surface area contributed by atoms with E-state index in [4.69, 9.17) is 9.84 Å². The number of amides is 1. The molecule has 1 amide bonds. The lowest BCUT2D eigenvalue weighted by Gasteiger charge is -2.15. The molecule has 2 rings (SSSR count). The summed E-state index contributed by atoms with van der Waals surface area (Å²) in [5.41, 5.74) is -1.37. The molecule has 0 spiro atoms. The zero-order chi connectivity index (χ0) is 19.5. The van der Waals surface area contributed by atoms with Crippen LogP contribution in [0.1, 0.15) is 24.6 Å². The van der Waals surface area contributed by atoms with Crippen LogP contribution in [0.15, 0.2) is 15.8 Å². The number of H-pyrrole nitrogens is 1. The fraction of sp³-hybridized carbons (Fsp3) is 0.643. The first kappa shape index (κ1) is 20.1.